The molecule has 0 bridgehead atoms. The molecule has 0 unspecified atom stereocenters. The quantitative estimate of drug-likeness (QED) is 0.921. The predicted octanol–water partition coefficient (Wildman–Crippen LogP) is 3.31. The number of nitrogens with one attached hydrogen (secondary N) is 1. The Labute approximate surface area is 143 Å². The highest BCUT2D eigenvalue weighted by Gasteiger charge is 2.39. The van der Waals surface area contributed by atoms with E-state index in [0.29, 0.717) is 19.5 Å². The molecule has 1 aromatic carbocycles. The number of carbonyl (C=O) groups excluding carboxylic acids is 2. The second kappa shape index (κ2) is 7.11. The first-order chi connectivity index (χ1) is 11.2. The van der Waals surface area contributed by atoms with Gasteiger partial charge in [0.05, 0.1) is 5.54 Å². The molecule has 1 heterocycles. The monoisotopic (exact) mass is 334 g/mol. The summed E-state index contributed by atoms with van der Waals surface area (Å²) in [7, 11) is 0. The molecule has 1 atom stereocenters. The zero-order valence-electron chi connectivity index (χ0n) is 14.8. The van der Waals surface area contributed by atoms with Gasteiger partial charge in [-0.05, 0) is 39.7 Å². The Balaban J connectivity index is 1.82. The number of amides is 2. The maximum atomic E-state index is 12.1. The van der Waals surface area contributed by atoms with Crippen molar-refractivity contribution in [2.75, 3.05) is 13.1 Å². The Morgan fingerprint density at radius 3 is 2.54 bits per heavy atom. The first-order valence-electron chi connectivity index (χ1n) is 8.14. The van der Waals surface area contributed by atoms with E-state index in [1.54, 1.807) is 4.90 Å². The van der Waals surface area contributed by atoms with E-state index < -0.39 is 17.2 Å². The van der Waals surface area contributed by atoms with Crippen LogP contribution in [-0.4, -0.2) is 41.3 Å². The minimum absolute atomic E-state index is 0.221. The van der Waals surface area contributed by atoms with Gasteiger partial charge in [0, 0.05) is 13.1 Å². The summed E-state index contributed by atoms with van der Waals surface area (Å²) in [4.78, 5) is 25.7. The summed E-state index contributed by atoms with van der Waals surface area (Å²) in [5.41, 5.74) is -0.109. The van der Waals surface area contributed by atoms with Crippen LogP contribution in [0.1, 0.15) is 39.7 Å². The molecule has 0 radical (unpaired) electrons. The van der Waals surface area contributed by atoms with Gasteiger partial charge in [0.25, 0.3) is 0 Å². The van der Waals surface area contributed by atoms with Crippen molar-refractivity contribution < 1.29 is 19.1 Å². The number of likely N-dealkylation sites (tertiary alicyclic amines) is 1. The molecule has 0 spiro atoms. The smallest absolute Gasteiger partial charge is 0.410 e. The number of carbonyl (C=O) groups is 2. The van der Waals surface area contributed by atoms with Crippen LogP contribution in [0.15, 0.2) is 30.3 Å². The Bertz CT molecular complexity index is 582. The topological polar surface area (TPSA) is 67.9 Å². The van der Waals surface area contributed by atoms with Crippen molar-refractivity contribution in [2.45, 2.75) is 51.9 Å². The van der Waals surface area contributed by atoms with Crippen LogP contribution >= 0.6 is 0 Å². The molecule has 0 aromatic heterocycles. The van der Waals surface area contributed by atoms with Gasteiger partial charge in [0.1, 0.15) is 12.2 Å². The summed E-state index contributed by atoms with van der Waals surface area (Å²) in [5.74, 6) is 0. The van der Waals surface area contributed by atoms with Crippen LogP contribution in [0.2, 0.25) is 0 Å². The maximum absolute atomic E-state index is 12.1. The Hall–Kier alpha value is -2.24. The van der Waals surface area contributed by atoms with Crippen molar-refractivity contribution >= 4 is 12.2 Å². The second-order valence-corrected chi connectivity index (χ2v) is 7.40. The summed E-state index contributed by atoms with van der Waals surface area (Å²) >= 11 is 0. The third-order valence-corrected chi connectivity index (χ3v) is 3.74. The van der Waals surface area contributed by atoms with E-state index in [0.717, 1.165) is 5.56 Å². The fraction of sp³-hybridized carbons (Fsp3) is 0.556. The molecule has 1 aromatic rings. The first kappa shape index (κ1) is 18.1. The van der Waals surface area contributed by atoms with E-state index in [-0.39, 0.29) is 12.7 Å². The summed E-state index contributed by atoms with van der Waals surface area (Å²) in [5, 5.41) is 2.86. The molecule has 2 rings (SSSR count). The molecule has 0 aliphatic carbocycles. The van der Waals surface area contributed by atoms with Gasteiger partial charge in [0.15, 0.2) is 0 Å². The van der Waals surface area contributed by atoms with Crippen LogP contribution in [0.4, 0.5) is 9.59 Å². The van der Waals surface area contributed by atoms with E-state index in [9.17, 15) is 9.59 Å². The van der Waals surface area contributed by atoms with Crippen LogP contribution in [0.25, 0.3) is 0 Å². The highest BCUT2D eigenvalue weighted by molar-refractivity contribution is 5.71. The molecular formula is C18H26N2O4. The molecule has 2 amide bonds. The van der Waals surface area contributed by atoms with Crippen molar-refractivity contribution in [2.24, 2.45) is 0 Å². The van der Waals surface area contributed by atoms with E-state index in [1.807, 2.05) is 58.0 Å². The molecule has 24 heavy (non-hydrogen) atoms. The third-order valence-electron chi connectivity index (χ3n) is 3.74. The zero-order valence-corrected chi connectivity index (χ0v) is 14.8. The average Bonchev–Trinajstić information content (AvgIpc) is 2.87. The van der Waals surface area contributed by atoms with Crippen molar-refractivity contribution in [3.63, 3.8) is 0 Å². The lowest BCUT2D eigenvalue weighted by Crippen LogP contribution is -2.49. The Morgan fingerprint density at radius 2 is 1.92 bits per heavy atom. The highest BCUT2D eigenvalue weighted by atomic mass is 16.6. The molecule has 1 saturated heterocycles. The van der Waals surface area contributed by atoms with Gasteiger partial charge in [-0.15, -0.1) is 0 Å². The van der Waals surface area contributed by atoms with Crippen molar-refractivity contribution in [1.29, 1.82) is 0 Å². The standard InChI is InChI=1S/C18H26N2O4/c1-17(2,3)24-16(22)20-11-10-18(4,13-20)19-15(21)23-12-14-8-6-5-7-9-14/h5-9H,10-13H2,1-4H3,(H,19,21)/t18-/m1/s1. The average molecular weight is 334 g/mol. The lowest BCUT2D eigenvalue weighted by molar-refractivity contribution is 0.0280. The fourth-order valence-corrected chi connectivity index (χ4v) is 2.55. The van der Waals surface area contributed by atoms with Crippen molar-refractivity contribution in [3.8, 4) is 0 Å². The first-order valence-corrected chi connectivity index (χ1v) is 8.14. The number of hydrogen-bond donors (Lipinski definition) is 1. The van der Waals surface area contributed by atoms with E-state index in [1.165, 1.54) is 0 Å². The lowest BCUT2D eigenvalue weighted by Gasteiger charge is -2.27. The van der Waals surface area contributed by atoms with E-state index in [4.69, 9.17) is 9.47 Å². The van der Waals surface area contributed by atoms with Crippen LogP contribution in [0.5, 0.6) is 0 Å². The van der Waals surface area contributed by atoms with Gasteiger partial charge in [-0.2, -0.15) is 0 Å². The van der Waals surface area contributed by atoms with Crippen molar-refractivity contribution in [3.05, 3.63) is 35.9 Å². The van der Waals surface area contributed by atoms with Crippen LogP contribution < -0.4 is 5.32 Å². The van der Waals surface area contributed by atoms with E-state index in [2.05, 4.69) is 5.32 Å². The molecule has 1 aliphatic rings. The largest absolute Gasteiger partial charge is 0.445 e. The molecule has 1 fully saturated rings. The van der Waals surface area contributed by atoms with Crippen LogP contribution in [-0.2, 0) is 16.1 Å². The van der Waals surface area contributed by atoms with Gasteiger partial charge in [-0.1, -0.05) is 30.3 Å². The number of nitrogens with zero attached hydrogens (tertiary/aromatic N) is 1. The van der Waals surface area contributed by atoms with Gasteiger partial charge in [-0.25, -0.2) is 9.59 Å². The minimum Gasteiger partial charge on any atom is -0.445 e. The third kappa shape index (κ3) is 5.44. The summed E-state index contributed by atoms with van der Waals surface area (Å²) in [6, 6.07) is 9.50. The highest BCUT2D eigenvalue weighted by Crippen LogP contribution is 2.23. The predicted molar refractivity (Wildman–Crippen MR) is 90.6 cm³/mol. The zero-order chi connectivity index (χ0) is 17.8. The van der Waals surface area contributed by atoms with Gasteiger partial charge in [-0.3, -0.25) is 0 Å². The Morgan fingerprint density at radius 1 is 1.25 bits per heavy atom. The maximum Gasteiger partial charge on any atom is 0.410 e. The normalized spacial score (nSPS) is 20.6. The van der Waals surface area contributed by atoms with E-state index >= 15 is 0 Å². The number of alkyl carbamates (subject to hydrolysis) is 1. The molecule has 1 N–H and O–H groups in total. The Kier molecular flexibility index (Phi) is 5.36. The summed E-state index contributed by atoms with van der Waals surface area (Å²) in [6.45, 7) is 8.57. The summed E-state index contributed by atoms with van der Waals surface area (Å²) in [6.07, 6.45) is -0.176. The summed E-state index contributed by atoms with van der Waals surface area (Å²) < 4.78 is 10.6. The van der Waals surface area contributed by atoms with Crippen molar-refractivity contribution in [1.82, 2.24) is 10.2 Å². The molecule has 132 valence electrons. The molecule has 1 aliphatic heterocycles. The van der Waals surface area contributed by atoms with Gasteiger partial charge < -0.3 is 19.7 Å². The SMILES string of the molecule is CC(C)(C)OC(=O)N1CC[C@@](C)(NC(=O)OCc2ccccc2)C1. The number of rotatable bonds is 3. The van der Waals surface area contributed by atoms with Crippen LogP contribution in [0.3, 0.4) is 0 Å². The minimum atomic E-state index is -0.530. The molecule has 6 nitrogen and oxygen atoms in total. The fourth-order valence-electron chi connectivity index (χ4n) is 2.55. The number of benzene rings is 1. The molecule has 0 saturated carbocycles. The van der Waals surface area contributed by atoms with Gasteiger partial charge in [0.2, 0.25) is 0 Å². The number of hydrogen-bond acceptors (Lipinski definition) is 4. The van der Waals surface area contributed by atoms with Gasteiger partial charge >= 0.3 is 12.2 Å². The molecule has 6 heteroatoms. The number of ether oxygens (including phenoxy) is 2. The molecular weight excluding hydrogens is 308 g/mol. The second-order valence-electron chi connectivity index (χ2n) is 7.40. The van der Waals surface area contributed by atoms with Crippen LogP contribution in [0, 0.1) is 0 Å². The lowest BCUT2D eigenvalue weighted by atomic mass is 10.0.